The van der Waals surface area contributed by atoms with Gasteiger partial charge < -0.3 is 9.47 Å². The number of aliphatic imine (C=N–C) groups is 1. The number of rotatable bonds is 2. The Bertz CT molecular complexity index is 449. The molecule has 0 atom stereocenters. The van der Waals surface area contributed by atoms with Crippen LogP contribution in [0.3, 0.4) is 0 Å². The summed E-state index contributed by atoms with van der Waals surface area (Å²) in [5.41, 5.74) is 0.429. The number of benzene rings is 1. The van der Waals surface area contributed by atoms with Crippen molar-refractivity contribution < 1.29 is 9.47 Å². The molecule has 0 amide bonds. The average Bonchev–Trinajstić information content (AvgIpc) is 2.54. The van der Waals surface area contributed by atoms with E-state index in [4.69, 9.17) is 21.7 Å². The van der Waals surface area contributed by atoms with E-state index in [1.165, 1.54) is 0 Å². The minimum absolute atomic E-state index is 0.482. The zero-order valence-corrected chi connectivity index (χ0v) is 10.3. The lowest BCUT2D eigenvalue weighted by atomic mass is 10.1. The molecule has 4 heteroatoms. The van der Waals surface area contributed by atoms with Crippen molar-refractivity contribution in [2.75, 3.05) is 7.11 Å². The fourth-order valence-corrected chi connectivity index (χ4v) is 1.52. The molecule has 3 nitrogen and oxygen atoms in total. The van der Waals surface area contributed by atoms with Crippen molar-refractivity contribution in [3.8, 4) is 5.75 Å². The number of hydrogen-bond donors (Lipinski definition) is 0. The highest BCUT2D eigenvalue weighted by Gasteiger charge is 2.33. The van der Waals surface area contributed by atoms with Crippen LogP contribution in [0.4, 0.5) is 0 Å². The van der Waals surface area contributed by atoms with E-state index in [1.807, 2.05) is 38.1 Å². The highest BCUT2D eigenvalue weighted by molar-refractivity contribution is 7.80. The summed E-state index contributed by atoms with van der Waals surface area (Å²) in [5, 5.41) is 0. The summed E-state index contributed by atoms with van der Waals surface area (Å²) in [5.74, 6) is 1.39. The molecule has 0 aliphatic carbocycles. The van der Waals surface area contributed by atoms with Gasteiger partial charge in [-0.15, -0.1) is 0 Å². The lowest BCUT2D eigenvalue weighted by molar-refractivity contribution is 0.185. The van der Waals surface area contributed by atoms with E-state index in [9.17, 15) is 0 Å². The molecule has 0 saturated heterocycles. The summed E-state index contributed by atoms with van der Waals surface area (Å²) in [6, 6.07) is 7.55. The zero-order chi connectivity index (χ0) is 11.8. The third kappa shape index (κ3) is 1.93. The predicted octanol–water partition coefficient (Wildman–Crippen LogP) is 2.58. The number of thiocarbonyl (C=S) groups is 1. The smallest absolute Gasteiger partial charge is 0.222 e. The van der Waals surface area contributed by atoms with Crippen molar-refractivity contribution in [1.82, 2.24) is 0 Å². The van der Waals surface area contributed by atoms with Crippen molar-refractivity contribution in [3.05, 3.63) is 29.8 Å². The Labute approximate surface area is 100 Å². The first-order chi connectivity index (χ1) is 7.53. The molecule has 0 radical (unpaired) electrons. The van der Waals surface area contributed by atoms with Gasteiger partial charge in [0.1, 0.15) is 5.75 Å². The lowest BCUT2D eigenvalue weighted by Crippen LogP contribution is -2.27. The van der Waals surface area contributed by atoms with Crippen LogP contribution in [0, 0.1) is 0 Å². The maximum atomic E-state index is 5.69. The Balaban J connectivity index is 2.26. The molecular weight excluding hydrogens is 222 g/mol. The number of nitrogens with zero attached hydrogens (tertiary/aromatic N) is 1. The second-order valence-corrected chi connectivity index (χ2v) is 4.45. The first-order valence-electron chi connectivity index (χ1n) is 4.99. The summed E-state index contributed by atoms with van der Waals surface area (Å²) >= 11 is 5.14. The van der Waals surface area contributed by atoms with Crippen molar-refractivity contribution in [2.45, 2.75) is 19.4 Å². The number of methoxy groups -OCH3 is 1. The van der Waals surface area contributed by atoms with E-state index in [0.717, 1.165) is 11.3 Å². The van der Waals surface area contributed by atoms with Crippen LogP contribution in [0.5, 0.6) is 5.75 Å². The molecule has 1 heterocycles. The Hall–Kier alpha value is -1.42. The summed E-state index contributed by atoms with van der Waals surface area (Å²) in [6.07, 6.45) is 0. The fourth-order valence-electron chi connectivity index (χ4n) is 1.39. The molecule has 1 aromatic rings. The SMILES string of the molecule is COc1ccc(C2=NC(=S)C(C)(C)O2)cc1. The molecule has 84 valence electrons. The van der Waals surface area contributed by atoms with Crippen LogP contribution < -0.4 is 4.74 Å². The molecule has 1 aliphatic heterocycles. The summed E-state index contributed by atoms with van der Waals surface area (Å²) in [6.45, 7) is 3.82. The van der Waals surface area contributed by atoms with Gasteiger partial charge in [0.05, 0.1) is 7.11 Å². The van der Waals surface area contributed by atoms with E-state index in [2.05, 4.69) is 4.99 Å². The first kappa shape index (κ1) is 11.1. The fraction of sp³-hybridized carbons (Fsp3) is 0.333. The van der Waals surface area contributed by atoms with Gasteiger partial charge in [-0.3, -0.25) is 0 Å². The Morgan fingerprint density at radius 2 is 1.88 bits per heavy atom. The molecule has 1 aromatic carbocycles. The zero-order valence-electron chi connectivity index (χ0n) is 9.48. The maximum Gasteiger partial charge on any atom is 0.222 e. The average molecular weight is 235 g/mol. The third-order valence-electron chi connectivity index (χ3n) is 2.41. The van der Waals surface area contributed by atoms with E-state index in [-0.39, 0.29) is 0 Å². The van der Waals surface area contributed by atoms with E-state index < -0.39 is 5.60 Å². The summed E-state index contributed by atoms with van der Waals surface area (Å²) in [7, 11) is 1.64. The second-order valence-electron chi connectivity index (χ2n) is 4.06. The van der Waals surface area contributed by atoms with Gasteiger partial charge in [0.15, 0.2) is 10.6 Å². The molecule has 0 unspecified atom stereocenters. The Kier molecular flexibility index (Phi) is 2.68. The molecule has 0 N–H and O–H groups in total. The molecule has 0 spiro atoms. The topological polar surface area (TPSA) is 30.8 Å². The van der Waals surface area contributed by atoms with E-state index in [1.54, 1.807) is 7.11 Å². The van der Waals surface area contributed by atoms with Gasteiger partial charge in [-0.05, 0) is 38.1 Å². The van der Waals surface area contributed by atoms with Gasteiger partial charge in [-0.2, -0.15) is 0 Å². The molecule has 0 bridgehead atoms. The van der Waals surface area contributed by atoms with Gasteiger partial charge in [-0.1, -0.05) is 12.2 Å². The van der Waals surface area contributed by atoms with Crippen LogP contribution >= 0.6 is 12.2 Å². The van der Waals surface area contributed by atoms with Crippen LogP contribution in [0.15, 0.2) is 29.3 Å². The van der Waals surface area contributed by atoms with Gasteiger partial charge in [0.25, 0.3) is 0 Å². The molecule has 0 fully saturated rings. The van der Waals surface area contributed by atoms with Gasteiger partial charge in [0, 0.05) is 5.56 Å². The summed E-state index contributed by atoms with van der Waals surface area (Å²) < 4.78 is 10.8. The van der Waals surface area contributed by atoms with Crippen molar-refractivity contribution in [3.63, 3.8) is 0 Å². The van der Waals surface area contributed by atoms with Crippen LogP contribution in [-0.2, 0) is 4.74 Å². The number of hydrogen-bond acceptors (Lipinski definition) is 3. The standard InChI is InChI=1S/C12H13NO2S/c1-12(2)11(16)13-10(15-12)8-4-6-9(14-3)7-5-8/h4-7H,1-3H3. The molecule has 0 aromatic heterocycles. The van der Waals surface area contributed by atoms with Crippen LogP contribution in [0.1, 0.15) is 19.4 Å². The van der Waals surface area contributed by atoms with Gasteiger partial charge in [0.2, 0.25) is 5.90 Å². The first-order valence-corrected chi connectivity index (χ1v) is 5.40. The largest absolute Gasteiger partial charge is 0.497 e. The normalized spacial score (nSPS) is 17.9. The Morgan fingerprint density at radius 1 is 1.25 bits per heavy atom. The van der Waals surface area contributed by atoms with Crippen molar-refractivity contribution in [1.29, 1.82) is 0 Å². The van der Waals surface area contributed by atoms with Gasteiger partial charge in [-0.25, -0.2) is 4.99 Å². The van der Waals surface area contributed by atoms with Crippen LogP contribution in [-0.4, -0.2) is 23.6 Å². The molecular formula is C12H13NO2S. The molecule has 0 saturated carbocycles. The van der Waals surface area contributed by atoms with Crippen LogP contribution in [0.2, 0.25) is 0 Å². The van der Waals surface area contributed by atoms with Crippen LogP contribution in [0.25, 0.3) is 0 Å². The summed E-state index contributed by atoms with van der Waals surface area (Å²) in [4.78, 5) is 4.83. The quantitative estimate of drug-likeness (QED) is 0.738. The second kappa shape index (κ2) is 3.87. The highest BCUT2D eigenvalue weighted by Crippen LogP contribution is 2.24. The lowest BCUT2D eigenvalue weighted by Gasteiger charge is -2.17. The predicted molar refractivity (Wildman–Crippen MR) is 67.3 cm³/mol. The highest BCUT2D eigenvalue weighted by atomic mass is 32.1. The minimum Gasteiger partial charge on any atom is -0.497 e. The molecule has 16 heavy (non-hydrogen) atoms. The van der Waals surface area contributed by atoms with E-state index in [0.29, 0.717) is 10.9 Å². The Morgan fingerprint density at radius 3 is 2.31 bits per heavy atom. The van der Waals surface area contributed by atoms with E-state index >= 15 is 0 Å². The third-order valence-corrected chi connectivity index (χ3v) is 2.99. The van der Waals surface area contributed by atoms with Gasteiger partial charge >= 0.3 is 0 Å². The van der Waals surface area contributed by atoms with Crippen molar-refractivity contribution >= 4 is 23.1 Å². The monoisotopic (exact) mass is 235 g/mol. The number of ether oxygens (including phenoxy) is 2. The molecule has 1 aliphatic rings. The van der Waals surface area contributed by atoms with Crippen molar-refractivity contribution in [2.24, 2.45) is 4.99 Å². The minimum atomic E-state index is -0.482. The molecule has 2 rings (SSSR count). The maximum absolute atomic E-state index is 5.69.